The van der Waals surface area contributed by atoms with Gasteiger partial charge in [-0.15, -0.1) is 0 Å². The predicted octanol–water partition coefficient (Wildman–Crippen LogP) is 3.37. The van der Waals surface area contributed by atoms with E-state index in [2.05, 4.69) is 16.3 Å². The first-order valence-electron chi connectivity index (χ1n) is 9.45. The number of para-hydroxylation sites is 2. The number of nitriles is 1. The molecular weight excluding hydrogens is 352 g/mol. The highest BCUT2D eigenvalue weighted by Gasteiger charge is 2.26. The van der Waals surface area contributed by atoms with Crippen LogP contribution >= 0.6 is 0 Å². The third-order valence-corrected chi connectivity index (χ3v) is 5.39. The van der Waals surface area contributed by atoms with Crippen molar-refractivity contribution in [3.63, 3.8) is 0 Å². The monoisotopic (exact) mass is 374 g/mol. The summed E-state index contributed by atoms with van der Waals surface area (Å²) in [6.07, 6.45) is 5.49. The van der Waals surface area contributed by atoms with Crippen LogP contribution in [0.3, 0.4) is 0 Å². The molecule has 1 saturated heterocycles. The maximum absolute atomic E-state index is 12.5. The topological polar surface area (TPSA) is 80.8 Å². The van der Waals surface area contributed by atoms with E-state index in [-0.39, 0.29) is 17.6 Å². The number of amides is 1. The quantitative estimate of drug-likeness (QED) is 0.686. The molecule has 2 aromatic heterocycles. The van der Waals surface area contributed by atoms with Gasteiger partial charge >= 0.3 is 0 Å². The van der Waals surface area contributed by atoms with Crippen LogP contribution in [0.4, 0.5) is 5.69 Å². The van der Waals surface area contributed by atoms with Gasteiger partial charge in [-0.1, -0.05) is 18.2 Å². The molecule has 28 heavy (non-hydrogen) atoms. The van der Waals surface area contributed by atoms with Crippen LogP contribution in [0.15, 0.2) is 54.9 Å². The van der Waals surface area contributed by atoms with Crippen LogP contribution in [0, 0.1) is 17.2 Å². The number of aromatic nitrogens is 1. The largest absolute Gasteiger partial charge is 0.506 e. The molecule has 0 radical (unpaired) electrons. The highest BCUT2D eigenvalue weighted by atomic mass is 16.3. The van der Waals surface area contributed by atoms with Crippen molar-refractivity contribution in [3.8, 4) is 11.8 Å². The highest BCUT2D eigenvalue weighted by Crippen LogP contribution is 2.26. The first-order chi connectivity index (χ1) is 13.7. The number of piperidine rings is 1. The van der Waals surface area contributed by atoms with E-state index in [9.17, 15) is 15.2 Å². The van der Waals surface area contributed by atoms with E-state index in [4.69, 9.17) is 0 Å². The van der Waals surface area contributed by atoms with Crippen LogP contribution in [0.2, 0.25) is 0 Å². The van der Waals surface area contributed by atoms with E-state index >= 15 is 0 Å². The number of carbonyl (C=O) groups excluding carboxylic acids is 1. The van der Waals surface area contributed by atoms with Gasteiger partial charge in [-0.2, -0.15) is 5.26 Å². The Labute approximate surface area is 163 Å². The van der Waals surface area contributed by atoms with Crippen molar-refractivity contribution in [1.82, 2.24) is 9.30 Å². The van der Waals surface area contributed by atoms with Crippen molar-refractivity contribution in [2.75, 3.05) is 18.4 Å². The van der Waals surface area contributed by atoms with E-state index in [0.29, 0.717) is 12.2 Å². The van der Waals surface area contributed by atoms with Crippen molar-refractivity contribution in [3.05, 3.63) is 66.0 Å². The van der Waals surface area contributed by atoms with Gasteiger partial charge in [-0.25, -0.2) is 0 Å². The first-order valence-corrected chi connectivity index (χ1v) is 9.45. The maximum atomic E-state index is 12.5. The minimum Gasteiger partial charge on any atom is -0.506 e. The first kappa shape index (κ1) is 18.1. The number of phenols is 1. The second-order valence-corrected chi connectivity index (χ2v) is 7.19. The van der Waals surface area contributed by atoms with Crippen LogP contribution in [0.1, 0.15) is 24.0 Å². The second kappa shape index (κ2) is 7.75. The molecule has 1 aliphatic heterocycles. The number of hydrogen-bond acceptors (Lipinski definition) is 4. The van der Waals surface area contributed by atoms with Gasteiger partial charge in [0.2, 0.25) is 5.91 Å². The number of carbonyl (C=O) groups is 1. The molecular formula is C22H22N4O2. The maximum Gasteiger partial charge on any atom is 0.227 e. The van der Waals surface area contributed by atoms with E-state index in [1.54, 1.807) is 24.3 Å². The predicted molar refractivity (Wildman–Crippen MR) is 107 cm³/mol. The zero-order chi connectivity index (χ0) is 19.5. The molecule has 2 N–H and O–H groups in total. The van der Waals surface area contributed by atoms with Gasteiger partial charge in [0.05, 0.1) is 16.8 Å². The summed E-state index contributed by atoms with van der Waals surface area (Å²) in [6, 6.07) is 14.9. The zero-order valence-electron chi connectivity index (χ0n) is 15.5. The van der Waals surface area contributed by atoms with Gasteiger partial charge in [0.15, 0.2) is 0 Å². The third kappa shape index (κ3) is 3.57. The van der Waals surface area contributed by atoms with Crippen LogP contribution in [-0.4, -0.2) is 33.4 Å². The van der Waals surface area contributed by atoms with E-state index in [1.807, 2.05) is 35.0 Å². The Kier molecular flexibility index (Phi) is 5.00. The van der Waals surface area contributed by atoms with E-state index < -0.39 is 0 Å². The molecule has 4 rings (SSSR count). The van der Waals surface area contributed by atoms with Gasteiger partial charge in [-0.3, -0.25) is 9.69 Å². The Balaban J connectivity index is 1.38. The zero-order valence-corrected chi connectivity index (χ0v) is 15.5. The van der Waals surface area contributed by atoms with Crippen LogP contribution < -0.4 is 5.32 Å². The molecule has 0 spiro atoms. The number of hydrogen-bond donors (Lipinski definition) is 2. The lowest BCUT2D eigenvalue weighted by molar-refractivity contribution is -0.121. The van der Waals surface area contributed by atoms with Crippen LogP contribution in [-0.2, 0) is 11.3 Å². The summed E-state index contributed by atoms with van der Waals surface area (Å²) in [5.74, 6) is -0.0361. The van der Waals surface area contributed by atoms with Gasteiger partial charge in [0.25, 0.3) is 0 Å². The molecule has 1 aromatic carbocycles. The standard InChI is InChI=1S/C22H22N4O2/c23-13-18-17(15-26-10-4-3-6-20(18)26)14-25-11-8-16(9-12-25)22(28)24-19-5-1-2-7-21(19)27/h1-7,10,15-16,27H,8-9,11-12,14H2,(H,24,28). The molecule has 3 heterocycles. The van der Waals surface area contributed by atoms with Crippen LogP contribution in [0.5, 0.6) is 5.75 Å². The number of nitrogens with zero attached hydrogens (tertiary/aromatic N) is 3. The lowest BCUT2D eigenvalue weighted by Crippen LogP contribution is -2.37. The normalized spacial score (nSPS) is 15.4. The summed E-state index contributed by atoms with van der Waals surface area (Å²) < 4.78 is 1.99. The van der Waals surface area contributed by atoms with Crippen molar-refractivity contribution in [1.29, 1.82) is 5.26 Å². The van der Waals surface area contributed by atoms with Crippen molar-refractivity contribution in [2.45, 2.75) is 19.4 Å². The number of anilines is 1. The number of benzene rings is 1. The number of aromatic hydroxyl groups is 1. The average Bonchev–Trinajstić information content (AvgIpc) is 3.07. The van der Waals surface area contributed by atoms with Gasteiger partial charge < -0.3 is 14.8 Å². The summed E-state index contributed by atoms with van der Waals surface area (Å²) in [5, 5.41) is 22.2. The van der Waals surface area contributed by atoms with Gasteiger partial charge in [-0.05, 0) is 50.2 Å². The van der Waals surface area contributed by atoms with E-state index in [1.165, 1.54) is 0 Å². The summed E-state index contributed by atoms with van der Waals surface area (Å²) >= 11 is 0. The Morgan fingerprint density at radius 1 is 1.18 bits per heavy atom. The van der Waals surface area contributed by atoms with Crippen molar-refractivity contribution >= 4 is 17.1 Å². The van der Waals surface area contributed by atoms with Crippen molar-refractivity contribution in [2.24, 2.45) is 5.92 Å². The smallest absolute Gasteiger partial charge is 0.227 e. The molecule has 0 bridgehead atoms. The Hall–Kier alpha value is -3.30. The fourth-order valence-electron chi connectivity index (χ4n) is 3.83. The molecule has 0 saturated carbocycles. The minimum atomic E-state index is -0.0700. The fraction of sp³-hybridized carbons (Fsp3) is 0.273. The fourth-order valence-corrected chi connectivity index (χ4v) is 3.83. The number of rotatable bonds is 4. The highest BCUT2D eigenvalue weighted by molar-refractivity contribution is 5.93. The summed E-state index contributed by atoms with van der Waals surface area (Å²) in [4.78, 5) is 14.8. The minimum absolute atomic E-state index is 0.0477. The number of fused-ring (bicyclic) bond motifs is 1. The molecule has 1 fully saturated rings. The third-order valence-electron chi connectivity index (χ3n) is 5.39. The Morgan fingerprint density at radius 3 is 2.68 bits per heavy atom. The number of likely N-dealkylation sites (tertiary alicyclic amines) is 1. The Morgan fingerprint density at radius 2 is 1.93 bits per heavy atom. The summed E-state index contributed by atoms with van der Waals surface area (Å²) in [7, 11) is 0. The SMILES string of the molecule is N#Cc1c(CN2CCC(C(=O)Nc3ccccc3O)CC2)cn2ccccc12. The van der Waals surface area contributed by atoms with Crippen molar-refractivity contribution < 1.29 is 9.90 Å². The van der Waals surface area contributed by atoms with Crippen LogP contribution in [0.25, 0.3) is 5.52 Å². The van der Waals surface area contributed by atoms with E-state index in [0.717, 1.165) is 42.6 Å². The summed E-state index contributed by atoms with van der Waals surface area (Å²) in [6.45, 7) is 2.31. The molecule has 1 aliphatic rings. The molecule has 6 heteroatoms. The molecule has 1 amide bonds. The Bertz CT molecular complexity index is 1040. The number of nitrogens with one attached hydrogen (secondary N) is 1. The number of phenolic OH excluding ortho intramolecular Hbond substituents is 1. The summed E-state index contributed by atoms with van der Waals surface area (Å²) in [5.41, 5.74) is 3.12. The molecule has 6 nitrogen and oxygen atoms in total. The number of pyridine rings is 1. The molecule has 3 aromatic rings. The molecule has 142 valence electrons. The van der Waals surface area contributed by atoms with Gasteiger partial charge in [0, 0.05) is 30.4 Å². The molecule has 0 aliphatic carbocycles. The average molecular weight is 374 g/mol. The molecule has 0 unspecified atom stereocenters. The lowest BCUT2D eigenvalue weighted by Gasteiger charge is -2.31. The lowest BCUT2D eigenvalue weighted by atomic mass is 9.95. The second-order valence-electron chi connectivity index (χ2n) is 7.19. The molecule has 0 atom stereocenters. The van der Waals surface area contributed by atoms with Gasteiger partial charge in [0.1, 0.15) is 11.8 Å².